The van der Waals surface area contributed by atoms with E-state index in [4.69, 9.17) is 15.7 Å². The number of aromatic nitrogens is 4. The number of fused-ring (bicyclic) bond motifs is 2. The number of benzene rings is 2. The molecular weight excluding hydrogens is 480 g/mol. The predicted molar refractivity (Wildman–Crippen MR) is 159 cm³/mol. The maximum absolute atomic E-state index is 6.49. The van der Waals surface area contributed by atoms with Gasteiger partial charge in [0.25, 0.3) is 0 Å². The van der Waals surface area contributed by atoms with E-state index in [9.17, 15) is 0 Å². The molecule has 0 atom stereocenters. The van der Waals surface area contributed by atoms with Gasteiger partial charge in [-0.1, -0.05) is 42.5 Å². The van der Waals surface area contributed by atoms with Gasteiger partial charge in [-0.05, 0) is 82.2 Å². The van der Waals surface area contributed by atoms with Gasteiger partial charge in [0.2, 0.25) is 0 Å². The van der Waals surface area contributed by atoms with E-state index in [1.807, 2.05) is 12.3 Å². The number of hydrogen-bond donors (Lipinski definition) is 1. The first-order valence-electron chi connectivity index (χ1n) is 14.5. The lowest BCUT2D eigenvalue weighted by molar-refractivity contribution is 0.221. The minimum atomic E-state index is 0.438. The molecule has 2 aromatic carbocycles. The van der Waals surface area contributed by atoms with Crippen LogP contribution >= 0.6 is 0 Å². The minimum absolute atomic E-state index is 0.438. The van der Waals surface area contributed by atoms with Crippen LogP contribution in [0.25, 0.3) is 38.9 Å². The summed E-state index contributed by atoms with van der Waals surface area (Å²) in [5, 5.41) is 1.16. The number of nitrogen functional groups attached to an aromatic ring is 1. The normalized spacial score (nSPS) is 20.2. The zero-order valence-corrected chi connectivity index (χ0v) is 22.7. The summed E-state index contributed by atoms with van der Waals surface area (Å²) >= 11 is 0. The second kappa shape index (κ2) is 10.1. The zero-order chi connectivity index (χ0) is 26.3. The molecule has 1 aliphatic carbocycles. The van der Waals surface area contributed by atoms with Crippen LogP contribution in [0.15, 0.2) is 67.0 Å². The van der Waals surface area contributed by atoms with Crippen LogP contribution in [0.4, 0.5) is 5.82 Å². The van der Waals surface area contributed by atoms with Gasteiger partial charge in [0, 0.05) is 41.4 Å². The molecular formula is C33H36N6. The summed E-state index contributed by atoms with van der Waals surface area (Å²) in [5.41, 5.74) is 13.6. The summed E-state index contributed by atoms with van der Waals surface area (Å²) in [7, 11) is 0. The van der Waals surface area contributed by atoms with Crippen molar-refractivity contribution in [3.63, 3.8) is 0 Å². The van der Waals surface area contributed by atoms with Crippen molar-refractivity contribution in [2.75, 3.05) is 25.4 Å². The minimum Gasteiger partial charge on any atom is -0.382 e. The Morgan fingerprint density at radius 2 is 1.69 bits per heavy atom. The fourth-order valence-corrected chi connectivity index (χ4v) is 6.82. The molecule has 1 aliphatic heterocycles. The molecule has 2 N–H and O–H groups in total. The van der Waals surface area contributed by atoms with Gasteiger partial charge in [-0.2, -0.15) is 0 Å². The monoisotopic (exact) mass is 516 g/mol. The molecule has 3 aromatic heterocycles. The van der Waals surface area contributed by atoms with E-state index < -0.39 is 0 Å². The summed E-state index contributed by atoms with van der Waals surface area (Å²) in [6, 6.07) is 19.0. The maximum atomic E-state index is 6.49. The molecule has 0 radical (unpaired) electrons. The molecule has 2 aliphatic rings. The Kier molecular flexibility index (Phi) is 6.28. The molecule has 1 saturated heterocycles. The van der Waals surface area contributed by atoms with Gasteiger partial charge in [0.15, 0.2) is 0 Å². The Balaban J connectivity index is 1.24. The first kappa shape index (κ1) is 24.3. The van der Waals surface area contributed by atoms with E-state index in [0.717, 1.165) is 50.7 Å². The van der Waals surface area contributed by atoms with Crippen molar-refractivity contribution in [3.8, 4) is 22.5 Å². The molecule has 0 amide bonds. The van der Waals surface area contributed by atoms with E-state index >= 15 is 0 Å². The highest BCUT2D eigenvalue weighted by Gasteiger charge is 2.29. The van der Waals surface area contributed by atoms with Crippen LogP contribution in [-0.2, 0) is 0 Å². The summed E-state index contributed by atoms with van der Waals surface area (Å²) in [6.45, 7) is 5.99. The second-order valence-electron chi connectivity index (χ2n) is 11.5. The van der Waals surface area contributed by atoms with Crippen molar-refractivity contribution in [3.05, 3.63) is 78.4 Å². The second-order valence-corrected chi connectivity index (χ2v) is 11.5. The predicted octanol–water partition coefficient (Wildman–Crippen LogP) is 6.87. The Labute approximate surface area is 229 Å². The molecule has 39 heavy (non-hydrogen) atoms. The lowest BCUT2D eigenvalue weighted by Gasteiger charge is -2.30. The third-order valence-electron chi connectivity index (χ3n) is 8.90. The number of imidazole rings is 1. The zero-order valence-electron chi connectivity index (χ0n) is 22.7. The Morgan fingerprint density at radius 3 is 2.49 bits per heavy atom. The van der Waals surface area contributed by atoms with E-state index in [1.165, 1.54) is 63.7 Å². The first-order valence-corrected chi connectivity index (χ1v) is 14.5. The average Bonchev–Trinajstić information content (AvgIpc) is 3.62. The van der Waals surface area contributed by atoms with Crippen LogP contribution in [0, 0.1) is 12.8 Å². The van der Waals surface area contributed by atoms with E-state index in [1.54, 1.807) is 6.20 Å². The lowest BCUT2D eigenvalue weighted by atomic mass is 9.81. The van der Waals surface area contributed by atoms with Crippen LogP contribution in [0.5, 0.6) is 0 Å². The highest BCUT2D eigenvalue weighted by atomic mass is 15.1. The molecule has 2 fully saturated rings. The number of anilines is 1. The smallest absolute Gasteiger partial charge is 0.150 e. The third kappa shape index (κ3) is 4.57. The molecule has 4 heterocycles. The number of hydrogen-bond acceptors (Lipinski definition) is 5. The van der Waals surface area contributed by atoms with Gasteiger partial charge in [-0.15, -0.1) is 0 Å². The van der Waals surface area contributed by atoms with Gasteiger partial charge >= 0.3 is 0 Å². The first-order chi connectivity index (χ1) is 19.1. The molecule has 6 nitrogen and oxygen atoms in total. The Morgan fingerprint density at radius 1 is 0.897 bits per heavy atom. The fourth-order valence-electron chi connectivity index (χ4n) is 6.82. The SMILES string of the molecule is Cc1cc(-c2ccccc2)nc2cc(-c3nc([C@H]4CC[C@H](CN5CCCC5)CC4)n4ccnc(N)c34)ccc12. The number of likely N-dealkylation sites (tertiary alicyclic amines) is 1. The number of pyridine rings is 1. The van der Waals surface area contributed by atoms with E-state index in [-0.39, 0.29) is 0 Å². The van der Waals surface area contributed by atoms with Crippen molar-refractivity contribution in [2.45, 2.75) is 51.4 Å². The molecule has 198 valence electrons. The molecule has 1 saturated carbocycles. The third-order valence-corrected chi connectivity index (χ3v) is 8.90. The maximum Gasteiger partial charge on any atom is 0.150 e. The molecule has 6 heteroatoms. The number of nitrogens with zero attached hydrogens (tertiary/aromatic N) is 5. The Hall–Kier alpha value is -3.77. The van der Waals surface area contributed by atoms with Gasteiger partial charge in [0.05, 0.1) is 11.2 Å². The van der Waals surface area contributed by atoms with Crippen molar-refractivity contribution < 1.29 is 0 Å². The highest BCUT2D eigenvalue weighted by molar-refractivity contribution is 5.92. The summed E-state index contributed by atoms with van der Waals surface area (Å²) in [4.78, 5) is 17.5. The molecule has 0 spiro atoms. The Bertz CT molecular complexity index is 1630. The molecule has 0 unspecified atom stereocenters. The molecule has 0 bridgehead atoms. The number of aryl methyl sites for hydroxylation is 1. The fraction of sp³-hybridized carbons (Fsp3) is 0.364. The topological polar surface area (TPSA) is 72.3 Å². The van der Waals surface area contributed by atoms with Gasteiger partial charge < -0.3 is 10.6 Å². The van der Waals surface area contributed by atoms with Crippen molar-refractivity contribution >= 4 is 22.2 Å². The van der Waals surface area contributed by atoms with Crippen molar-refractivity contribution in [1.29, 1.82) is 0 Å². The average molecular weight is 517 g/mol. The largest absolute Gasteiger partial charge is 0.382 e. The van der Waals surface area contributed by atoms with Crippen LogP contribution in [0.2, 0.25) is 0 Å². The summed E-state index contributed by atoms with van der Waals surface area (Å²) in [5.74, 6) is 2.89. The van der Waals surface area contributed by atoms with Gasteiger partial charge in [-0.25, -0.2) is 15.0 Å². The van der Waals surface area contributed by atoms with Crippen LogP contribution in [-0.4, -0.2) is 43.9 Å². The molecule has 5 aromatic rings. The number of rotatable bonds is 5. The van der Waals surface area contributed by atoms with E-state index in [0.29, 0.717) is 11.7 Å². The van der Waals surface area contributed by atoms with Crippen LogP contribution in [0.1, 0.15) is 55.8 Å². The van der Waals surface area contributed by atoms with Gasteiger partial charge in [-0.3, -0.25) is 4.40 Å². The summed E-state index contributed by atoms with van der Waals surface area (Å²) in [6.07, 6.45) is 11.5. The summed E-state index contributed by atoms with van der Waals surface area (Å²) < 4.78 is 2.20. The molecule has 7 rings (SSSR count). The van der Waals surface area contributed by atoms with Gasteiger partial charge in [0.1, 0.15) is 22.9 Å². The van der Waals surface area contributed by atoms with Crippen LogP contribution < -0.4 is 5.73 Å². The quantitative estimate of drug-likeness (QED) is 0.276. The number of nitrogens with two attached hydrogens (primary N) is 1. The standard InChI is InChI=1S/C33H36N6/c1-22-19-28(24-7-3-2-4-8-24)36-29-20-26(13-14-27(22)29)30-31-32(34)35-15-18-39(31)33(37-30)25-11-9-23(10-12-25)21-38-16-5-6-17-38/h2-4,7-8,13-15,18-20,23,25H,5-6,9-12,16-17,21H2,1H3,(H2,34,35)/t23-,25-. The van der Waals surface area contributed by atoms with Crippen molar-refractivity contribution in [2.24, 2.45) is 5.92 Å². The van der Waals surface area contributed by atoms with E-state index in [2.05, 4.69) is 69.7 Å². The highest BCUT2D eigenvalue weighted by Crippen LogP contribution is 2.39. The van der Waals surface area contributed by atoms with Crippen molar-refractivity contribution in [1.82, 2.24) is 24.3 Å². The van der Waals surface area contributed by atoms with Crippen LogP contribution in [0.3, 0.4) is 0 Å². The lowest BCUT2D eigenvalue weighted by Crippen LogP contribution is -2.29.